The molecule has 1 aromatic carbocycles. The average Bonchev–Trinajstić information content (AvgIpc) is 2.99. The van der Waals surface area contributed by atoms with Crippen molar-refractivity contribution in [2.75, 3.05) is 0 Å². The zero-order valence-electron chi connectivity index (χ0n) is 13.9. The summed E-state index contributed by atoms with van der Waals surface area (Å²) in [7, 11) is 0. The Balaban J connectivity index is 1.91. The first-order valence-electron chi connectivity index (χ1n) is 7.79. The summed E-state index contributed by atoms with van der Waals surface area (Å²) < 4.78 is 13.0. The molecule has 1 aromatic heterocycles. The Labute approximate surface area is 135 Å². The van der Waals surface area contributed by atoms with Gasteiger partial charge < -0.3 is 14.6 Å². The fraction of sp³-hybridized carbons (Fsp3) is 0.529. The highest BCUT2D eigenvalue weighted by Crippen LogP contribution is 2.35. The van der Waals surface area contributed by atoms with Gasteiger partial charge in [0.05, 0.1) is 24.4 Å². The second kappa shape index (κ2) is 5.53. The third kappa shape index (κ3) is 3.17. The molecule has 1 aliphatic rings. The van der Waals surface area contributed by atoms with Crippen molar-refractivity contribution in [1.82, 2.24) is 9.78 Å². The number of aliphatic hydroxyl groups excluding tert-OH is 1. The molecule has 1 unspecified atom stereocenters. The van der Waals surface area contributed by atoms with Gasteiger partial charge in [-0.2, -0.15) is 5.10 Å². The molecule has 3 rings (SSSR count). The van der Waals surface area contributed by atoms with Crippen molar-refractivity contribution >= 4 is 16.9 Å². The number of rotatable bonds is 3. The van der Waals surface area contributed by atoms with E-state index in [0.717, 1.165) is 16.5 Å². The van der Waals surface area contributed by atoms with E-state index >= 15 is 0 Å². The quantitative estimate of drug-likeness (QED) is 0.877. The second-order valence-electron chi connectivity index (χ2n) is 7.00. The lowest BCUT2D eigenvalue weighted by molar-refractivity contribution is -0.162. The second-order valence-corrected chi connectivity index (χ2v) is 7.00. The number of aliphatic hydroxyl groups is 1. The maximum absolute atomic E-state index is 12.3. The van der Waals surface area contributed by atoms with Crippen molar-refractivity contribution < 1.29 is 19.4 Å². The van der Waals surface area contributed by atoms with Gasteiger partial charge in [-0.05, 0) is 39.8 Å². The number of benzene rings is 1. The summed E-state index contributed by atoms with van der Waals surface area (Å²) in [6.45, 7) is 7.63. The van der Waals surface area contributed by atoms with Crippen LogP contribution in [0.5, 0.6) is 5.75 Å². The van der Waals surface area contributed by atoms with Gasteiger partial charge in [-0.15, -0.1) is 0 Å². The van der Waals surface area contributed by atoms with Crippen LogP contribution in [0.3, 0.4) is 0 Å². The minimum atomic E-state index is -0.635. The fourth-order valence-electron chi connectivity index (χ4n) is 2.81. The summed E-state index contributed by atoms with van der Waals surface area (Å²) in [5, 5.41) is 14.9. The molecule has 2 heterocycles. The molecule has 0 saturated carbocycles. The van der Waals surface area contributed by atoms with E-state index in [1.54, 1.807) is 17.8 Å². The molecule has 0 amide bonds. The highest BCUT2D eigenvalue weighted by Gasteiger charge is 2.34. The first-order chi connectivity index (χ1) is 10.7. The van der Waals surface area contributed by atoms with Crippen LogP contribution in [0.2, 0.25) is 0 Å². The lowest BCUT2D eigenvalue weighted by Crippen LogP contribution is -2.34. The molecule has 23 heavy (non-hydrogen) atoms. The molecular formula is C17H22N2O4. The molecule has 6 heteroatoms. The monoisotopic (exact) mass is 318 g/mol. The molecular weight excluding hydrogens is 296 g/mol. The van der Waals surface area contributed by atoms with Gasteiger partial charge in [-0.1, -0.05) is 0 Å². The number of hydrogen-bond donors (Lipinski definition) is 1. The Morgan fingerprint density at radius 1 is 1.52 bits per heavy atom. The van der Waals surface area contributed by atoms with Crippen LogP contribution >= 0.6 is 0 Å². The van der Waals surface area contributed by atoms with E-state index in [1.165, 1.54) is 0 Å². The van der Waals surface area contributed by atoms with Crippen LogP contribution in [0.25, 0.3) is 10.9 Å². The molecule has 0 saturated heterocycles. The van der Waals surface area contributed by atoms with Crippen LogP contribution in [0.1, 0.15) is 33.3 Å². The first-order valence-corrected chi connectivity index (χ1v) is 7.79. The fourth-order valence-corrected chi connectivity index (χ4v) is 2.81. The van der Waals surface area contributed by atoms with Gasteiger partial charge in [0.2, 0.25) is 0 Å². The number of carbonyl (C=O) groups excluding carboxylic acids is 1. The number of carbonyl (C=O) groups is 1. The minimum absolute atomic E-state index is 0.358. The smallest absolute Gasteiger partial charge is 0.348 e. The molecule has 0 bridgehead atoms. The molecule has 6 nitrogen and oxygen atoms in total. The van der Waals surface area contributed by atoms with Gasteiger partial charge in [-0.3, -0.25) is 4.68 Å². The van der Waals surface area contributed by atoms with Crippen molar-refractivity contribution in [1.29, 1.82) is 0 Å². The lowest BCUT2D eigenvalue weighted by Gasteiger charge is -2.21. The predicted molar refractivity (Wildman–Crippen MR) is 85.4 cm³/mol. The van der Waals surface area contributed by atoms with E-state index in [2.05, 4.69) is 5.10 Å². The molecule has 0 aliphatic carbocycles. The van der Waals surface area contributed by atoms with Crippen LogP contribution < -0.4 is 4.74 Å². The topological polar surface area (TPSA) is 73.6 Å². The van der Waals surface area contributed by atoms with Crippen LogP contribution in [0.4, 0.5) is 0 Å². The largest absolute Gasteiger partial charge is 0.478 e. The molecule has 0 spiro atoms. The van der Waals surface area contributed by atoms with E-state index in [0.29, 0.717) is 18.7 Å². The van der Waals surface area contributed by atoms with E-state index in [9.17, 15) is 9.90 Å². The third-order valence-electron chi connectivity index (χ3n) is 3.63. The zero-order chi connectivity index (χ0) is 16.8. The van der Waals surface area contributed by atoms with Crippen molar-refractivity contribution in [3.05, 3.63) is 23.9 Å². The van der Waals surface area contributed by atoms with E-state index in [4.69, 9.17) is 9.47 Å². The Hall–Kier alpha value is -2.08. The number of aromatic nitrogens is 2. The van der Waals surface area contributed by atoms with E-state index < -0.39 is 17.8 Å². The SMILES string of the molecule is CC(O)Cn1ncc2ccc3c(c21)C[C@H](C(=O)OC(C)(C)C)O3. The number of hydrogen-bond acceptors (Lipinski definition) is 5. The van der Waals surface area contributed by atoms with Crippen LogP contribution in [0.15, 0.2) is 18.3 Å². The van der Waals surface area contributed by atoms with Crippen molar-refractivity contribution in [2.45, 2.75) is 58.5 Å². The van der Waals surface area contributed by atoms with Crippen LogP contribution in [-0.4, -0.2) is 38.7 Å². The highest BCUT2D eigenvalue weighted by molar-refractivity contribution is 5.87. The maximum atomic E-state index is 12.3. The van der Waals surface area contributed by atoms with Crippen molar-refractivity contribution in [3.63, 3.8) is 0 Å². The molecule has 2 aromatic rings. The minimum Gasteiger partial charge on any atom is -0.478 e. The molecule has 2 atom stereocenters. The summed E-state index contributed by atoms with van der Waals surface area (Å²) in [6, 6.07) is 3.77. The summed E-state index contributed by atoms with van der Waals surface area (Å²) in [5.74, 6) is 0.323. The Morgan fingerprint density at radius 3 is 2.91 bits per heavy atom. The summed E-state index contributed by atoms with van der Waals surface area (Å²) in [5.41, 5.74) is 1.31. The molecule has 1 N–H and O–H groups in total. The molecule has 0 radical (unpaired) electrons. The van der Waals surface area contributed by atoms with Gasteiger partial charge in [0.25, 0.3) is 0 Å². The van der Waals surface area contributed by atoms with E-state index in [-0.39, 0.29) is 5.97 Å². The van der Waals surface area contributed by atoms with Crippen LogP contribution in [-0.2, 0) is 22.5 Å². The predicted octanol–water partition coefficient (Wildman–Crippen LogP) is 2.06. The molecule has 124 valence electrons. The highest BCUT2D eigenvalue weighted by atomic mass is 16.6. The standard InChI is InChI=1S/C17H22N2O4/c1-10(20)9-19-15-11(8-18-19)5-6-13-12(15)7-14(22-13)16(21)23-17(2,3)4/h5-6,8,10,14,20H,7,9H2,1-4H3/t10?,14-/m1/s1. The third-order valence-corrected chi connectivity index (χ3v) is 3.63. The zero-order valence-corrected chi connectivity index (χ0v) is 13.9. The lowest BCUT2D eigenvalue weighted by atomic mass is 10.1. The van der Waals surface area contributed by atoms with Crippen molar-refractivity contribution in [3.8, 4) is 5.75 Å². The first kappa shape index (κ1) is 15.8. The number of esters is 1. The van der Waals surface area contributed by atoms with Gasteiger partial charge >= 0.3 is 5.97 Å². The summed E-state index contributed by atoms with van der Waals surface area (Å²) in [6.07, 6.45) is 1.08. The number of nitrogens with zero attached hydrogens (tertiary/aromatic N) is 2. The van der Waals surface area contributed by atoms with Crippen LogP contribution in [0, 0.1) is 0 Å². The van der Waals surface area contributed by atoms with Gasteiger partial charge in [-0.25, -0.2) is 4.79 Å². The molecule has 0 fully saturated rings. The summed E-state index contributed by atoms with van der Waals surface area (Å²) in [4.78, 5) is 12.3. The van der Waals surface area contributed by atoms with Gasteiger partial charge in [0.15, 0.2) is 6.10 Å². The van der Waals surface area contributed by atoms with Crippen molar-refractivity contribution in [2.24, 2.45) is 0 Å². The Kier molecular flexibility index (Phi) is 3.80. The Morgan fingerprint density at radius 2 is 2.26 bits per heavy atom. The summed E-state index contributed by atoms with van der Waals surface area (Å²) >= 11 is 0. The van der Waals surface area contributed by atoms with Gasteiger partial charge in [0.1, 0.15) is 11.4 Å². The molecule has 1 aliphatic heterocycles. The normalized spacial score (nSPS) is 18.6. The number of ether oxygens (including phenoxy) is 2. The van der Waals surface area contributed by atoms with Gasteiger partial charge in [0, 0.05) is 17.4 Å². The van der Waals surface area contributed by atoms with E-state index in [1.807, 2.05) is 32.9 Å². The average molecular weight is 318 g/mol. The Bertz CT molecular complexity index is 743. The number of fused-ring (bicyclic) bond motifs is 3. The maximum Gasteiger partial charge on any atom is 0.348 e.